The first-order valence-electron chi connectivity index (χ1n) is 7.53. The largest absolute Gasteiger partial charge is 0.477 e. The van der Waals surface area contributed by atoms with E-state index in [0.717, 1.165) is 27.9 Å². The fraction of sp³-hybridized carbons (Fsp3) is 0.278. The molecule has 6 nitrogen and oxygen atoms in total. The lowest BCUT2D eigenvalue weighted by Gasteiger charge is -2.13. The Morgan fingerprint density at radius 2 is 1.71 bits per heavy atom. The fourth-order valence-electron chi connectivity index (χ4n) is 2.59. The molecule has 0 saturated heterocycles. The van der Waals surface area contributed by atoms with E-state index >= 15 is 0 Å². The monoisotopic (exact) mass is 328 g/mol. The van der Waals surface area contributed by atoms with E-state index in [0.29, 0.717) is 0 Å². The van der Waals surface area contributed by atoms with Gasteiger partial charge in [-0.2, -0.15) is 0 Å². The number of carbonyl (C=O) groups excluding carboxylic acids is 1. The smallest absolute Gasteiger partial charge is 0.311 e. The summed E-state index contributed by atoms with van der Waals surface area (Å²) >= 11 is 0. The minimum atomic E-state index is -0.519. The minimum Gasteiger partial charge on any atom is -0.477 e. The van der Waals surface area contributed by atoms with Crippen LogP contribution in [-0.2, 0) is 4.79 Å². The number of nitro groups is 1. The lowest BCUT2D eigenvalue weighted by atomic mass is 10.1. The minimum absolute atomic E-state index is 0.0816. The van der Waals surface area contributed by atoms with Gasteiger partial charge >= 0.3 is 5.69 Å². The molecular weight excluding hydrogens is 308 g/mol. The molecule has 0 aliphatic carbocycles. The van der Waals surface area contributed by atoms with Gasteiger partial charge in [-0.05, 0) is 50.5 Å². The molecule has 0 bridgehead atoms. The number of carbonyl (C=O) groups is 1. The van der Waals surface area contributed by atoms with Crippen LogP contribution in [-0.4, -0.2) is 17.4 Å². The molecule has 0 fully saturated rings. The summed E-state index contributed by atoms with van der Waals surface area (Å²) in [5.41, 5.74) is 4.39. The second kappa shape index (κ2) is 7.12. The molecule has 0 aliphatic heterocycles. The van der Waals surface area contributed by atoms with Gasteiger partial charge in [-0.15, -0.1) is 0 Å². The zero-order valence-electron chi connectivity index (χ0n) is 14.2. The number of rotatable bonds is 5. The van der Waals surface area contributed by atoms with Crippen LogP contribution in [0.25, 0.3) is 0 Å². The highest BCUT2D eigenvalue weighted by molar-refractivity contribution is 5.93. The Bertz CT molecular complexity index is 777. The van der Waals surface area contributed by atoms with E-state index in [9.17, 15) is 14.9 Å². The zero-order chi connectivity index (χ0) is 17.9. The van der Waals surface area contributed by atoms with Crippen LogP contribution in [0.5, 0.6) is 5.75 Å². The normalized spacial score (nSPS) is 10.3. The average Bonchev–Trinajstić information content (AvgIpc) is 2.49. The number of nitrogens with zero attached hydrogens (tertiary/aromatic N) is 1. The van der Waals surface area contributed by atoms with Gasteiger partial charge in [-0.1, -0.05) is 23.8 Å². The molecule has 2 aromatic rings. The summed E-state index contributed by atoms with van der Waals surface area (Å²) in [6, 6.07) is 8.59. The fourth-order valence-corrected chi connectivity index (χ4v) is 2.59. The lowest BCUT2D eigenvalue weighted by molar-refractivity contribution is -0.385. The highest BCUT2D eigenvalue weighted by Crippen LogP contribution is 2.28. The molecule has 2 rings (SSSR count). The number of anilines is 1. The standard InChI is InChI=1S/C18H20N2O4/c1-11-5-6-16(15(9-11)20(22)23)24-10-17(21)19-18-13(3)7-12(2)8-14(18)4/h5-9H,10H2,1-4H3,(H,19,21). The van der Waals surface area contributed by atoms with Crippen molar-refractivity contribution in [3.8, 4) is 5.75 Å². The number of benzene rings is 2. The van der Waals surface area contributed by atoms with Crippen LogP contribution in [0.15, 0.2) is 30.3 Å². The van der Waals surface area contributed by atoms with Crippen molar-refractivity contribution in [1.82, 2.24) is 0 Å². The van der Waals surface area contributed by atoms with Crippen LogP contribution in [0.1, 0.15) is 22.3 Å². The number of ether oxygens (including phenoxy) is 1. The summed E-state index contributed by atoms with van der Waals surface area (Å²) in [5, 5.41) is 13.9. The van der Waals surface area contributed by atoms with Gasteiger partial charge < -0.3 is 10.1 Å². The molecule has 0 unspecified atom stereocenters. The van der Waals surface area contributed by atoms with Gasteiger partial charge in [0.05, 0.1) is 4.92 Å². The summed E-state index contributed by atoms with van der Waals surface area (Å²) < 4.78 is 5.34. The van der Waals surface area contributed by atoms with Crippen molar-refractivity contribution in [3.05, 3.63) is 62.7 Å². The van der Waals surface area contributed by atoms with E-state index in [1.807, 2.05) is 32.9 Å². The number of aryl methyl sites for hydroxylation is 4. The summed E-state index contributed by atoms with van der Waals surface area (Å²) in [5.74, 6) is -0.280. The summed E-state index contributed by atoms with van der Waals surface area (Å²) in [6.07, 6.45) is 0. The van der Waals surface area contributed by atoms with Gasteiger partial charge in [0.2, 0.25) is 0 Å². The SMILES string of the molecule is Cc1cc(C)c(NC(=O)COc2ccc(C)cc2[N+](=O)[O-])c(C)c1. The number of nitrogens with one attached hydrogen (secondary N) is 1. The molecule has 126 valence electrons. The van der Waals surface area contributed by atoms with E-state index in [-0.39, 0.29) is 24.0 Å². The van der Waals surface area contributed by atoms with Crippen molar-refractivity contribution in [2.45, 2.75) is 27.7 Å². The highest BCUT2D eigenvalue weighted by Gasteiger charge is 2.17. The van der Waals surface area contributed by atoms with Crippen molar-refractivity contribution in [2.75, 3.05) is 11.9 Å². The van der Waals surface area contributed by atoms with Crippen LogP contribution < -0.4 is 10.1 Å². The Labute approximate surface area is 140 Å². The topological polar surface area (TPSA) is 81.5 Å². The van der Waals surface area contributed by atoms with Crippen molar-refractivity contribution >= 4 is 17.3 Å². The maximum atomic E-state index is 12.1. The van der Waals surface area contributed by atoms with E-state index in [4.69, 9.17) is 4.74 Å². The zero-order valence-corrected chi connectivity index (χ0v) is 14.2. The van der Waals surface area contributed by atoms with Crippen LogP contribution in [0.3, 0.4) is 0 Å². The van der Waals surface area contributed by atoms with Crippen LogP contribution in [0.4, 0.5) is 11.4 Å². The van der Waals surface area contributed by atoms with Crippen molar-refractivity contribution in [1.29, 1.82) is 0 Å². The highest BCUT2D eigenvalue weighted by atomic mass is 16.6. The third-order valence-electron chi connectivity index (χ3n) is 3.61. The second-order valence-corrected chi connectivity index (χ2v) is 5.84. The molecule has 24 heavy (non-hydrogen) atoms. The second-order valence-electron chi connectivity index (χ2n) is 5.84. The molecule has 0 atom stereocenters. The van der Waals surface area contributed by atoms with Gasteiger partial charge in [0.15, 0.2) is 12.4 Å². The van der Waals surface area contributed by atoms with Gasteiger partial charge in [-0.3, -0.25) is 14.9 Å². The first kappa shape index (κ1) is 17.5. The van der Waals surface area contributed by atoms with Gasteiger partial charge in [0, 0.05) is 11.8 Å². The number of hydrogen-bond acceptors (Lipinski definition) is 4. The maximum absolute atomic E-state index is 12.1. The first-order chi connectivity index (χ1) is 11.3. The quantitative estimate of drug-likeness (QED) is 0.668. The molecule has 0 aromatic heterocycles. The molecule has 0 heterocycles. The summed E-state index contributed by atoms with van der Waals surface area (Å²) in [6.45, 7) is 7.29. The predicted octanol–water partition coefficient (Wildman–Crippen LogP) is 3.85. The van der Waals surface area contributed by atoms with Crippen molar-refractivity contribution < 1.29 is 14.5 Å². The third-order valence-corrected chi connectivity index (χ3v) is 3.61. The van der Waals surface area contributed by atoms with Crippen LogP contribution in [0.2, 0.25) is 0 Å². The van der Waals surface area contributed by atoms with Gasteiger partial charge in [0.25, 0.3) is 5.91 Å². The first-order valence-corrected chi connectivity index (χ1v) is 7.53. The predicted molar refractivity (Wildman–Crippen MR) is 92.6 cm³/mol. The third kappa shape index (κ3) is 4.10. The van der Waals surface area contributed by atoms with E-state index in [1.54, 1.807) is 13.0 Å². The molecule has 0 saturated carbocycles. The molecular formula is C18H20N2O4. The van der Waals surface area contributed by atoms with Gasteiger partial charge in [0.1, 0.15) is 0 Å². The summed E-state index contributed by atoms with van der Waals surface area (Å²) in [4.78, 5) is 22.7. The summed E-state index contributed by atoms with van der Waals surface area (Å²) in [7, 11) is 0. The Morgan fingerprint density at radius 1 is 1.08 bits per heavy atom. The van der Waals surface area contributed by atoms with Crippen molar-refractivity contribution in [2.24, 2.45) is 0 Å². The molecule has 1 amide bonds. The van der Waals surface area contributed by atoms with Crippen molar-refractivity contribution in [3.63, 3.8) is 0 Å². The van der Waals surface area contributed by atoms with E-state index in [1.165, 1.54) is 12.1 Å². The Kier molecular flexibility index (Phi) is 5.18. The number of nitro benzene ring substituents is 1. The Hall–Kier alpha value is -2.89. The molecule has 2 aromatic carbocycles. The lowest BCUT2D eigenvalue weighted by Crippen LogP contribution is -2.21. The van der Waals surface area contributed by atoms with E-state index in [2.05, 4.69) is 5.32 Å². The molecule has 0 aliphatic rings. The maximum Gasteiger partial charge on any atom is 0.311 e. The molecule has 0 radical (unpaired) electrons. The molecule has 6 heteroatoms. The molecule has 1 N–H and O–H groups in total. The number of amides is 1. The molecule has 0 spiro atoms. The Morgan fingerprint density at radius 3 is 2.29 bits per heavy atom. The van der Waals surface area contributed by atoms with Gasteiger partial charge in [-0.25, -0.2) is 0 Å². The van der Waals surface area contributed by atoms with Crippen LogP contribution >= 0.6 is 0 Å². The number of hydrogen-bond donors (Lipinski definition) is 1. The van der Waals surface area contributed by atoms with E-state index < -0.39 is 4.92 Å². The Balaban J connectivity index is 2.09. The van der Waals surface area contributed by atoms with Crippen LogP contribution in [0, 0.1) is 37.8 Å². The average molecular weight is 328 g/mol.